The Hall–Kier alpha value is -3.43. The normalized spacial score (nSPS) is 16.0. The molecule has 0 spiro atoms. The molecule has 1 unspecified atom stereocenters. The second kappa shape index (κ2) is 10.3. The van der Waals surface area contributed by atoms with E-state index in [-0.39, 0.29) is 36.0 Å². The minimum absolute atomic E-state index is 0.0201. The summed E-state index contributed by atoms with van der Waals surface area (Å²) in [4.78, 5) is 38.1. The summed E-state index contributed by atoms with van der Waals surface area (Å²) in [5.41, 5.74) is 1.45. The number of allylic oxidation sites excluding steroid dienone is 1. The lowest BCUT2D eigenvalue weighted by atomic mass is 9.94. The second-order valence-electron chi connectivity index (χ2n) is 7.05. The Morgan fingerprint density at radius 1 is 1.22 bits per heavy atom. The second-order valence-corrected chi connectivity index (χ2v) is 7.46. The molecule has 0 bridgehead atoms. The van der Waals surface area contributed by atoms with Crippen molar-refractivity contribution in [3.05, 3.63) is 86.1 Å². The van der Waals surface area contributed by atoms with Gasteiger partial charge in [0, 0.05) is 18.9 Å². The number of nitrogens with zero attached hydrogens (tertiary/aromatic N) is 2. The highest BCUT2D eigenvalue weighted by Gasteiger charge is 2.37. The highest BCUT2D eigenvalue weighted by Crippen LogP contribution is 2.35. The van der Waals surface area contributed by atoms with Gasteiger partial charge in [-0.05, 0) is 24.1 Å². The number of esters is 1. The molecule has 2 amide bonds. The predicted molar refractivity (Wildman–Crippen MR) is 117 cm³/mol. The molecule has 0 fully saturated rings. The number of nitro groups is 1. The largest absolute Gasteiger partial charge is 0.460 e. The zero-order valence-electron chi connectivity index (χ0n) is 17.5. The van der Waals surface area contributed by atoms with Crippen molar-refractivity contribution in [3.8, 4) is 0 Å². The molecule has 32 heavy (non-hydrogen) atoms. The fraction of sp³-hybridized carbons (Fsp3) is 0.273. The lowest BCUT2D eigenvalue weighted by Crippen LogP contribution is -2.47. The zero-order chi connectivity index (χ0) is 23.3. The summed E-state index contributed by atoms with van der Waals surface area (Å²) < 4.78 is 10.2. The van der Waals surface area contributed by atoms with Crippen molar-refractivity contribution in [2.75, 3.05) is 20.3 Å². The Kier molecular flexibility index (Phi) is 7.45. The molecule has 0 radical (unpaired) electrons. The molecule has 9 nitrogen and oxygen atoms in total. The molecule has 1 aliphatic heterocycles. The van der Waals surface area contributed by atoms with Gasteiger partial charge in [0.15, 0.2) is 0 Å². The first-order valence-corrected chi connectivity index (χ1v) is 10.1. The van der Waals surface area contributed by atoms with Gasteiger partial charge in [-0.3, -0.25) is 15.0 Å². The summed E-state index contributed by atoms with van der Waals surface area (Å²) in [5.74, 6) is -0.653. The van der Waals surface area contributed by atoms with Crippen LogP contribution in [0.2, 0.25) is 5.02 Å². The van der Waals surface area contributed by atoms with E-state index < -0.39 is 23.0 Å². The Morgan fingerprint density at radius 2 is 1.94 bits per heavy atom. The Labute approximate surface area is 189 Å². The first-order chi connectivity index (χ1) is 15.3. The van der Waals surface area contributed by atoms with E-state index in [0.717, 1.165) is 5.56 Å². The standard InChI is InChI=1S/C22H22ClN3O6/c1-14-19(21(27)32-11-10-31-2)20(16-8-9-17(23)18(12-16)26(29)30)24-22(28)25(14)13-15-6-4-3-5-7-15/h3-9,12,20H,10-11,13H2,1-2H3,(H,24,28). The van der Waals surface area contributed by atoms with Gasteiger partial charge in [0.05, 0.1) is 29.7 Å². The fourth-order valence-electron chi connectivity index (χ4n) is 3.40. The predicted octanol–water partition coefficient (Wildman–Crippen LogP) is 3.98. The van der Waals surface area contributed by atoms with Gasteiger partial charge >= 0.3 is 12.0 Å². The third-order valence-corrected chi connectivity index (χ3v) is 5.34. The number of carbonyl (C=O) groups is 2. The molecule has 1 N–H and O–H groups in total. The van der Waals surface area contributed by atoms with E-state index in [4.69, 9.17) is 21.1 Å². The highest BCUT2D eigenvalue weighted by molar-refractivity contribution is 6.32. The van der Waals surface area contributed by atoms with E-state index in [1.165, 1.54) is 30.2 Å². The summed E-state index contributed by atoms with van der Waals surface area (Å²) in [6.45, 7) is 2.11. The lowest BCUT2D eigenvalue weighted by Gasteiger charge is -2.35. The van der Waals surface area contributed by atoms with E-state index in [0.29, 0.717) is 11.3 Å². The third kappa shape index (κ3) is 5.06. The Bertz CT molecular complexity index is 1060. The molecular weight excluding hydrogens is 438 g/mol. The number of halogens is 1. The van der Waals surface area contributed by atoms with Crippen LogP contribution in [0.4, 0.5) is 10.5 Å². The molecule has 1 heterocycles. The van der Waals surface area contributed by atoms with E-state index in [9.17, 15) is 19.7 Å². The number of nitro benzene ring substituents is 1. The van der Waals surface area contributed by atoms with Gasteiger partial charge in [-0.1, -0.05) is 48.0 Å². The minimum Gasteiger partial charge on any atom is -0.460 e. The van der Waals surface area contributed by atoms with Gasteiger partial charge in [-0.2, -0.15) is 0 Å². The smallest absolute Gasteiger partial charge is 0.338 e. The minimum atomic E-state index is -0.944. The lowest BCUT2D eigenvalue weighted by molar-refractivity contribution is -0.384. The summed E-state index contributed by atoms with van der Waals surface area (Å²) in [7, 11) is 1.48. The number of urea groups is 1. The number of methoxy groups -OCH3 is 1. The van der Waals surface area contributed by atoms with Crippen LogP contribution < -0.4 is 5.32 Å². The van der Waals surface area contributed by atoms with E-state index in [1.807, 2.05) is 30.3 Å². The molecule has 168 valence electrons. The summed E-state index contributed by atoms with van der Waals surface area (Å²) in [6, 6.07) is 12.1. The average Bonchev–Trinajstić information content (AvgIpc) is 2.77. The first-order valence-electron chi connectivity index (χ1n) is 9.76. The number of rotatable bonds is 8. The van der Waals surface area contributed by atoms with Gasteiger partial charge in [0.2, 0.25) is 0 Å². The molecule has 10 heteroatoms. The van der Waals surface area contributed by atoms with Crippen LogP contribution in [0.1, 0.15) is 24.1 Å². The fourth-order valence-corrected chi connectivity index (χ4v) is 3.58. The summed E-state index contributed by atoms with van der Waals surface area (Å²) in [5, 5.41) is 14.1. The molecule has 0 aromatic heterocycles. The quantitative estimate of drug-likeness (QED) is 0.276. The van der Waals surface area contributed by atoms with Gasteiger partial charge < -0.3 is 14.8 Å². The van der Waals surface area contributed by atoms with Crippen LogP contribution in [-0.4, -0.2) is 42.1 Å². The van der Waals surface area contributed by atoms with E-state index in [2.05, 4.69) is 5.32 Å². The zero-order valence-corrected chi connectivity index (χ0v) is 18.3. The first kappa shape index (κ1) is 23.2. The number of carbonyl (C=O) groups excluding carboxylic acids is 2. The molecule has 1 atom stereocenters. The van der Waals surface area contributed by atoms with Crippen LogP contribution in [0.5, 0.6) is 0 Å². The number of hydrogen-bond acceptors (Lipinski definition) is 6. The number of benzene rings is 2. The number of amides is 2. The van der Waals surface area contributed by atoms with Crippen molar-refractivity contribution in [2.45, 2.75) is 19.5 Å². The van der Waals surface area contributed by atoms with Crippen molar-refractivity contribution in [2.24, 2.45) is 0 Å². The van der Waals surface area contributed by atoms with Gasteiger partial charge in [0.25, 0.3) is 5.69 Å². The van der Waals surface area contributed by atoms with E-state index >= 15 is 0 Å². The van der Waals surface area contributed by atoms with Crippen LogP contribution in [0.3, 0.4) is 0 Å². The molecular formula is C22H22ClN3O6. The van der Waals surface area contributed by atoms with Crippen molar-refractivity contribution in [3.63, 3.8) is 0 Å². The molecule has 3 rings (SSSR count). The maximum atomic E-state index is 13.0. The molecule has 0 saturated heterocycles. The topological polar surface area (TPSA) is 111 Å². The number of ether oxygens (including phenoxy) is 2. The Morgan fingerprint density at radius 3 is 2.59 bits per heavy atom. The molecule has 2 aromatic rings. The SMILES string of the molecule is COCCOC(=O)C1=C(C)N(Cc2ccccc2)C(=O)NC1c1ccc(Cl)c([N+](=O)[O-])c1. The van der Waals surface area contributed by atoms with Gasteiger partial charge in [-0.25, -0.2) is 9.59 Å². The van der Waals surface area contributed by atoms with Crippen molar-refractivity contribution in [1.82, 2.24) is 10.2 Å². The van der Waals surface area contributed by atoms with Crippen molar-refractivity contribution < 1.29 is 24.0 Å². The maximum Gasteiger partial charge on any atom is 0.338 e. The molecule has 1 aliphatic rings. The van der Waals surface area contributed by atoms with Crippen LogP contribution in [0.15, 0.2) is 59.8 Å². The van der Waals surface area contributed by atoms with Crippen molar-refractivity contribution >= 4 is 29.3 Å². The molecule has 2 aromatic carbocycles. The van der Waals surface area contributed by atoms with Crippen LogP contribution >= 0.6 is 11.6 Å². The number of nitrogens with one attached hydrogen (secondary N) is 1. The van der Waals surface area contributed by atoms with Crippen LogP contribution in [-0.2, 0) is 20.8 Å². The van der Waals surface area contributed by atoms with Crippen LogP contribution in [0.25, 0.3) is 0 Å². The number of hydrogen-bond donors (Lipinski definition) is 1. The Balaban J connectivity index is 2.04. The maximum absolute atomic E-state index is 13.0. The summed E-state index contributed by atoms with van der Waals surface area (Å²) in [6.07, 6.45) is 0. The van der Waals surface area contributed by atoms with Gasteiger partial charge in [-0.15, -0.1) is 0 Å². The van der Waals surface area contributed by atoms with Gasteiger partial charge in [0.1, 0.15) is 11.6 Å². The summed E-state index contributed by atoms with van der Waals surface area (Å²) >= 11 is 5.93. The molecule has 0 aliphatic carbocycles. The van der Waals surface area contributed by atoms with Crippen LogP contribution in [0, 0.1) is 10.1 Å². The highest BCUT2D eigenvalue weighted by atomic mass is 35.5. The third-order valence-electron chi connectivity index (χ3n) is 5.02. The van der Waals surface area contributed by atoms with Crippen molar-refractivity contribution in [1.29, 1.82) is 0 Å². The molecule has 0 saturated carbocycles. The van der Waals surface area contributed by atoms with E-state index in [1.54, 1.807) is 6.92 Å². The monoisotopic (exact) mass is 459 g/mol. The average molecular weight is 460 g/mol.